The summed E-state index contributed by atoms with van der Waals surface area (Å²) in [5, 5.41) is 9.06. The number of carbonyl (C=O) groups excluding carboxylic acids is 1. The number of fused-ring (bicyclic) bond motifs is 1. The van der Waals surface area contributed by atoms with Crippen molar-refractivity contribution in [3.63, 3.8) is 0 Å². The van der Waals surface area contributed by atoms with Gasteiger partial charge < -0.3 is 18.7 Å². The first-order valence-electron chi connectivity index (χ1n) is 11.3. The number of carbonyl (C=O) groups is 1. The van der Waals surface area contributed by atoms with E-state index in [0.29, 0.717) is 33.7 Å². The van der Waals surface area contributed by atoms with E-state index >= 15 is 0 Å². The molecule has 0 bridgehead atoms. The van der Waals surface area contributed by atoms with Crippen LogP contribution in [-0.4, -0.2) is 40.1 Å². The van der Waals surface area contributed by atoms with Gasteiger partial charge in [0.15, 0.2) is 23.8 Å². The lowest BCUT2D eigenvalue weighted by Crippen LogP contribution is -2.27. The monoisotopic (exact) mass is 498 g/mol. The van der Waals surface area contributed by atoms with E-state index in [2.05, 4.69) is 15.2 Å². The van der Waals surface area contributed by atoms with E-state index in [1.165, 1.54) is 11.8 Å². The number of hydrogen-bond acceptors (Lipinski definition) is 9. The molecule has 3 aromatic carbocycles. The number of benzene rings is 3. The maximum Gasteiger partial charge on any atom is 0.359 e. The molecule has 0 amide bonds. The molecule has 0 saturated carbocycles. The smallest absolute Gasteiger partial charge is 0.359 e. The van der Waals surface area contributed by atoms with Crippen LogP contribution in [0.4, 0.5) is 0 Å². The third-order valence-electron chi connectivity index (χ3n) is 5.67. The summed E-state index contributed by atoms with van der Waals surface area (Å²) in [7, 11) is 3.08. The summed E-state index contributed by atoms with van der Waals surface area (Å²) < 4.78 is 22.5. The zero-order valence-corrected chi connectivity index (χ0v) is 20.1. The highest BCUT2D eigenvalue weighted by molar-refractivity contribution is 6.02. The molecule has 10 nitrogen and oxygen atoms in total. The Labute approximate surface area is 211 Å². The Morgan fingerprint density at radius 1 is 0.919 bits per heavy atom. The van der Waals surface area contributed by atoms with Gasteiger partial charge in [0.1, 0.15) is 0 Å². The number of rotatable bonds is 8. The van der Waals surface area contributed by atoms with Crippen molar-refractivity contribution in [2.24, 2.45) is 0 Å². The molecular weight excluding hydrogens is 476 g/mol. The molecule has 0 spiro atoms. The quantitative estimate of drug-likeness (QED) is 0.294. The summed E-state index contributed by atoms with van der Waals surface area (Å²) in [6.07, 6.45) is 0. The molecule has 0 aliphatic carbocycles. The summed E-state index contributed by atoms with van der Waals surface area (Å²) in [6, 6.07) is 21.4. The predicted octanol–water partition coefficient (Wildman–Crippen LogP) is 3.87. The minimum absolute atomic E-state index is 0.0192. The SMILES string of the molecule is COc1ccc(-c2noc(COC(=O)c3nn(Cc4ccccc4)c(=O)c4ccccc34)n2)cc1OC. The van der Waals surface area contributed by atoms with Crippen molar-refractivity contribution in [3.05, 3.63) is 100 Å². The van der Waals surface area contributed by atoms with Gasteiger partial charge in [-0.15, -0.1) is 0 Å². The van der Waals surface area contributed by atoms with Gasteiger partial charge in [-0.1, -0.05) is 53.7 Å². The van der Waals surface area contributed by atoms with Gasteiger partial charge in [-0.2, -0.15) is 10.1 Å². The highest BCUT2D eigenvalue weighted by Crippen LogP contribution is 2.31. The number of aromatic nitrogens is 4. The number of esters is 1. The van der Waals surface area contributed by atoms with E-state index in [1.54, 1.807) is 49.6 Å². The van der Waals surface area contributed by atoms with Crippen LogP contribution in [0.3, 0.4) is 0 Å². The van der Waals surface area contributed by atoms with Crippen LogP contribution in [-0.2, 0) is 17.9 Å². The molecule has 0 saturated heterocycles. The second-order valence-electron chi connectivity index (χ2n) is 8.00. The Balaban J connectivity index is 1.38. The zero-order chi connectivity index (χ0) is 25.8. The lowest BCUT2D eigenvalue weighted by Gasteiger charge is -2.10. The average Bonchev–Trinajstić information content (AvgIpc) is 3.42. The molecule has 5 rings (SSSR count). The molecule has 0 radical (unpaired) electrons. The third-order valence-corrected chi connectivity index (χ3v) is 5.67. The van der Waals surface area contributed by atoms with E-state index < -0.39 is 5.97 Å². The Morgan fingerprint density at radius 2 is 1.65 bits per heavy atom. The van der Waals surface area contributed by atoms with Crippen LogP contribution in [0.15, 0.2) is 82.1 Å². The van der Waals surface area contributed by atoms with Gasteiger partial charge in [-0.25, -0.2) is 9.48 Å². The van der Waals surface area contributed by atoms with Gasteiger partial charge in [0, 0.05) is 10.9 Å². The molecule has 5 aromatic rings. The van der Waals surface area contributed by atoms with Crippen molar-refractivity contribution in [2.45, 2.75) is 13.2 Å². The lowest BCUT2D eigenvalue weighted by atomic mass is 10.1. The van der Waals surface area contributed by atoms with E-state index in [0.717, 1.165) is 5.56 Å². The highest BCUT2D eigenvalue weighted by Gasteiger charge is 2.20. The van der Waals surface area contributed by atoms with E-state index in [9.17, 15) is 9.59 Å². The topological polar surface area (TPSA) is 119 Å². The number of hydrogen-bond donors (Lipinski definition) is 0. The van der Waals surface area contributed by atoms with E-state index in [1.807, 2.05) is 30.3 Å². The summed E-state index contributed by atoms with van der Waals surface area (Å²) in [6.45, 7) is -0.0595. The molecule has 0 aliphatic heterocycles. The molecule has 2 heterocycles. The van der Waals surface area contributed by atoms with Crippen molar-refractivity contribution in [2.75, 3.05) is 14.2 Å². The van der Waals surface area contributed by atoms with Crippen molar-refractivity contribution in [1.29, 1.82) is 0 Å². The van der Waals surface area contributed by atoms with Gasteiger partial charge in [-0.3, -0.25) is 4.79 Å². The first kappa shape index (κ1) is 23.7. The van der Waals surface area contributed by atoms with Gasteiger partial charge in [-0.05, 0) is 29.8 Å². The van der Waals surface area contributed by atoms with Crippen LogP contribution >= 0.6 is 0 Å². The van der Waals surface area contributed by atoms with Gasteiger partial charge in [0.2, 0.25) is 5.82 Å². The molecule has 10 heteroatoms. The minimum atomic E-state index is -0.719. The molecule has 186 valence electrons. The van der Waals surface area contributed by atoms with Crippen LogP contribution < -0.4 is 15.0 Å². The Bertz CT molecular complexity index is 1630. The lowest BCUT2D eigenvalue weighted by molar-refractivity contribution is 0.0422. The van der Waals surface area contributed by atoms with Gasteiger partial charge in [0.05, 0.1) is 26.2 Å². The Morgan fingerprint density at radius 3 is 2.41 bits per heavy atom. The predicted molar refractivity (Wildman–Crippen MR) is 134 cm³/mol. The van der Waals surface area contributed by atoms with E-state index in [-0.39, 0.29) is 30.3 Å². The van der Waals surface area contributed by atoms with Crippen LogP contribution in [0.25, 0.3) is 22.2 Å². The zero-order valence-electron chi connectivity index (χ0n) is 20.1. The molecule has 37 heavy (non-hydrogen) atoms. The van der Waals surface area contributed by atoms with Crippen molar-refractivity contribution in [3.8, 4) is 22.9 Å². The first-order chi connectivity index (χ1) is 18.1. The van der Waals surface area contributed by atoms with Crippen LogP contribution in [0, 0.1) is 0 Å². The van der Waals surface area contributed by atoms with E-state index in [4.69, 9.17) is 18.7 Å². The molecule has 0 fully saturated rings. The molecule has 0 N–H and O–H groups in total. The van der Waals surface area contributed by atoms with Crippen LogP contribution in [0.1, 0.15) is 21.9 Å². The molecule has 0 atom stereocenters. The van der Waals surface area contributed by atoms with Crippen molar-refractivity contribution >= 4 is 16.7 Å². The second kappa shape index (κ2) is 10.3. The molecular formula is C27H22N4O6. The number of methoxy groups -OCH3 is 2. The van der Waals surface area contributed by atoms with Gasteiger partial charge in [0.25, 0.3) is 11.4 Å². The highest BCUT2D eigenvalue weighted by atomic mass is 16.6. The Hall–Kier alpha value is -4.99. The average molecular weight is 498 g/mol. The maximum absolute atomic E-state index is 13.1. The van der Waals surface area contributed by atoms with Crippen molar-refractivity contribution in [1.82, 2.24) is 19.9 Å². The fourth-order valence-corrected chi connectivity index (χ4v) is 3.85. The summed E-state index contributed by atoms with van der Waals surface area (Å²) in [5.41, 5.74) is 1.23. The first-order valence-corrected chi connectivity index (χ1v) is 11.3. The summed E-state index contributed by atoms with van der Waals surface area (Å²) in [5.74, 6) is 0.759. The van der Waals surface area contributed by atoms with Crippen LogP contribution in [0.2, 0.25) is 0 Å². The second-order valence-corrected chi connectivity index (χ2v) is 8.00. The number of nitrogens with zero attached hydrogens (tertiary/aromatic N) is 4. The standard InChI is InChI=1S/C27H22N4O6/c1-34-21-13-12-18(14-22(21)35-2)25-28-23(37-30-25)16-36-27(33)24-19-10-6-7-11-20(19)26(32)31(29-24)15-17-8-4-3-5-9-17/h3-14H,15-16H2,1-2H3. The van der Waals surface area contributed by atoms with Crippen molar-refractivity contribution < 1.29 is 23.5 Å². The largest absolute Gasteiger partial charge is 0.493 e. The minimum Gasteiger partial charge on any atom is -0.493 e. The normalized spacial score (nSPS) is 10.9. The third kappa shape index (κ3) is 4.90. The van der Waals surface area contributed by atoms with Gasteiger partial charge >= 0.3 is 5.97 Å². The Kier molecular flexibility index (Phi) is 6.62. The number of ether oxygens (including phenoxy) is 3. The fraction of sp³-hybridized carbons (Fsp3) is 0.148. The summed E-state index contributed by atoms with van der Waals surface area (Å²) >= 11 is 0. The summed E-state index contributed by atoms with van der Waals surface area (Å²) in [4.78, 5) is 30.4. The molecule has 2 aromatic heterocycles. The molecule has 0 unspecified atom stereocenters. The molecule has 0 aliphatic rings. The maximum atomic E-state index is 13.1. The fourth-order valence-electron chi connectivity index (χ4n) is 3.85. The van der Waals surface area contributed by atoms with Crippen LogP contribution in [0.5, 0.6) is 11.5 Å².